The molecular weight excluding hydrogens is 611 g/mol. The molecule has 0 N–H and O–H groups in total. The Morgan fingerprint density at radius 3 is 1.31 bits per heavy atom. The molecule has 4 aromatic rings. The molecule has 8 nitrogen and oxygen atoms in total. The maximum absolute atomic E-state index is 5.10. The van der Waals surface area contributed by atoms with Gasteiger partial charge in [0, 0.05) is 36.3 Å². The molecule has 0 saturated heterocycles. The Kier molecular flexibility index (Phi) is 16.4. The Labute approximate surface area is 257 Å². The smallest absolute Gasteiger partial charge is 0.752 e. The van der Waals surface area contributed by atoms with Crippen LogP contribution in [0.3, 0.4) is 0 Å². The predicted octanol–water partition coefficient (Wildman–Crippen LogP) is 5.29. The van der Waals surface area contributed by atoms with Crippen LogP contribution in [0.2, 0.25) is 0 Å². The van der Waals surface area contributed by atoms with E-state index in [2.05, 4.69) is 40.3 Å². The number of hydrogen-bond donors (Lipinski definition) is 0. The first-order chi connectivity index (χ1) is 18.7. The van der Waals surface area contributed by atoms with Crippen LogP contribution in [-0.2, 0) is 53.3 Å². The molecule has 0 amide bonds. The molecule has 39 heavy (non-hydrogen) atoms. The van der Waals surface area contributed by atoms with E-state index < -0.39 is 0 Å². The monoisotopic (exact) mass is 632 g/mol. The summed E-state index contributed by atoms with van der Waals surface area (Å²) in [6, 6.07) is 22.7. The van der Waals surface area contributed by atoms with Crippen LogP contribution in [0, 0.1) is 0 Å². The van der Waals surface area contributed by atoms with Crippen LogP contribution >= 0.6 is 23.5 Å². The van der Waals surface area contributed by atoms with Gasteiger partial charge in [0.15, 0.2) is 0 Å². The zero-order valence-electron chi connectivity index (χ0n) is 20.3. The van der Waals surface area contributed by atoms with Gasteiger partial charge in [0.05, 0.1) is 35.2 Å². The summed E-state index contributed by atoms with van der Waals surface area (Å²) in [5.74, 6) is 1.39. The third-order valence-electron chi connectivity index (χ3n) is 4.17. The Hall–Kier alpha value is -3.09. The third kappa shape index (κ3) is 14.6. The topological polar surface area (TPSA) is 101 Å². The Bertz CT molecular complexity index is 1220. The van der Waals surface area contributed by atoms with Crippen LogP contribution in [0.5, 0.6) is 0 Å². The fourth-order valence-corrected chi connectivity index (χ4v) is 4.01. The van der Waals surface area contributed by atoms with E-state index in [4.69, 9.17) is 25.3 Å². The minimum absolute atomic E-state index is 0. The van der Waals surface area contributed by atoms with Crippen molar-refractivity contribution in [1.82, 2.24) is 19.9 Å². The quantitative estimate of drug-likeness (QED) is 0.0849. The van der Waals surface area contributed by atoms with Crippen molar-refractivity contribution in [2.24, 2.45) is 20.4 Å². The van der Waals surface area contributed by atoms with Crippen LogP contribution < -0.4 is 0 Å². The van der Waals surface area contributed by atoms with Crippen LogP contribution in [0.4, 0.5) is 0 Å². The third-order valence-corrected chi connectivity index (χ3v) is 6.58. The van der Waals surface area contributed by atoms with Gasteiger partial charge in [0.2, 0.25) is 0 Å². The van der Waals surface area contributed by atoms with Gasteiger partial charge in [-0.1, -0.05) is 24.3 Å². The minimum Gasteiger partial charge on any atom is -0.752 e. The SMILES string of the molecule is [Ni+2].[S-]/C(=N\N=C\c1ccccn1)SCc1ccccn1.[S-]/C(=N\N=C\c1ccccn1)SCc1ccccn1. The Balaban J connectivity index is 0.000000267. The predicted molar refractivity (Wildman–Crippen MR) is 164 cm³/mol. The van der Waals surface area contributed by atoms with Crippen molar-refractivity contribution in [3.05, 3.63) is 120 Å². The summed E-state index contributed by atoms with van der Waals surface area (Å²) in [6.07, 6.45) is 10.1. The molecule has 0 aliphatic carbocycles. The van der Waals surface area contributed by atoms with Gasteiger partial charge in [-0.15, -0.1) is 23.5 Å². The van der Waals surface area contributed by atoms with Crippen molar-refractivity contribution in [2.45, 2.75) is 11.5 Å². The molecule has 0 radical (unpaired) electrons. The molecule has 0 unspecified atom stereocenters. The van der Waals surface area contributed by atoms with Gasteiger partial charge < -0.3 is 25.3 Å². The molecule has 0 fully saturated rings. The largest absolute Gasteiger partial charge is 2.00 e. The second-order valence-electron chi connectivity index (χ2n) is 6.95. The Morgan fingerprint density at radius 1 is 0.590 bits per heavy atom. The van der Waals surface area contributed by atoms with E-state index in [-0.39, 0.29) is 16.5 Å². The van der Waals surface area contributed by atoms with E-state index in [1.54, 1.807) is 37.2 Å². The normalized spacial score (nSPS) is 11.6. The van der Waals surface area contributed by atoms with Crippen LogP contribution in [0.15, 0.2) is 118 Å². The summed E-state index contributed by atoms with van der Waals surface area (Å²) in [4.78, 5) is 16.6. The number of pyridine rings is 4. The molecule has 0 spiro atoms. The standard InChI is InChI=1S/2C13H12N4S2.Ni/c2*18-13(19-10-12-6-2-4-8-15-12)17-16-9-11-5-1-3-7-14-11;/h2*1-9H,10H2,(H,17,18);/q;;+2/p-2/b2*16-9+;. The Morgan fingerprint density at radius 2 is 0.974 bits per heavy atom. The molecule has 0 aliphatic heterocycles. The summed E-state index contributed by atoms with van der Waals surface area (Å²) in [5, 5.41) is 15.7. The van der Waals surface area contributed by atoms with Gasteiger partial charge in [0.25, 0.3) is 0 Å². The van der Waals surface area contributed by atoms with Gasteiger partial charge in [0.1, 0.15) is 0 Å². The van der Waals surface area contributed by atoms with Crippen molar-refractivity contribution >= 4 is 70.0 Å². The molecule has 0 aromatic carbocycles. The average molecular weight is 633 g/mol. The summed E-state index contributed by atoms with van der Waals surface area (Å²) < 4.78 is 0.968. The molecule has 0 saturated carbocycles. The molecule has 13 heteroatoms. The van der Waals surface area contributed by atoms with E-state index in [0.29, 0.717) is 20.3 Å². The summed E-state index contributed by atoms with van der Waals surface area (Å²) in [6.45, 7) is 0. The minimum atomic E-state index is 0. The molecule has 0 atom stereocenters. The molecule has 4 aromatic heterocycles. The number of thioether (sulfide) groups is 2. The zero-order valence-corrected chi connectivity index (χ0v) is 24.6. The number of aromatic nitrogens is 4. The van der Waals surface area contributed by atoms with Gasteiger partial charge in [-0.05, 0) is 57.3 Å². The fourth-order valence-electron chi connectivity index (χ4n) is 2.47. The maximum atomic E-state index is 5.10. The molecule has 200 valence electrons. The first-order valence-corrected chi connectivity index (χ1v) is 13.9. The summed E-state index contributed by atoms with van der Waals surface area (Å²) >= 11 is 13.1. The number of hydrogen-bond acceptors (Lipinski definition) is 12. The van der Waals surface area contributed by atoms with Crippen LogP contribution in [0.1, 0.15) is 22.8 Å². The molecule has 0 aliphatic rings. The van der Waals surface area contributed by atoms with Gasteiger partial charge in [-0.3, -0.25) is 19.9 Å². The molecule has 0 bridgehead atoms. The molecule has 4 heterocycles. The van der Waals surface area contributed by atoms with E-state index in [0.717, 1.165) is 22.8 Å². The van der Waals surface area contributed by atoms with Crippen LogP contribution in [-0.4, -0.2) is 41.1 Å². The molecular formula is C26H22N8NiS4. The van der Waals surface area contributed by atoms with Gasteiger partial charge >= 0.3 is 16.5 Å². The van der Waals surface area contributed by atoms with Crippen molar-refractivity contribution in [3.8, 4) is 0 Å². The molecule has 4 rings (SSSR count). The first kappa shape index (κ1) is 32.1. The average Bonchev–Trinajstić information content (AvgIpc) is 2.98. The van der Waals surface area contributed by atoms with Gasteiger partial charge in [-0.2, -0.15) is 20.4 Å². The van der Waals surface area contributed by atoms with Crippen LogP contribution in [0.25, 0.3) is 0 Å². The van der Waals surface area contributed by atoms with E-state index in [9.17, 15) is 0 Å². The second kappa shape index (κ2) is 19.9. The summed E-state index contributed by atoms with van der Waals surface area (Å²) in [5.41, 5.74) is 3.45. The van der Waals surface area contributed by atoms with E-state index in [1.165, 1.54) is 23.5 Å². The zero-order chi connectivity index (χ0) is 26.7. The van der Waals surface area contributed by atoms with E-state index >= 15 is 0 Å². The second-order valence-corrected chi connectivity index (χ2v) is 10.2. The fraction of sp³-hybridized carbons (Fsp3) is 0.0769. The summed E-state index contributed by atoms with van der Waals surface area (Å²) in [7, 11) is 0. The van der Waals surface area contributed by atoms with Gasteiger partial charge in [-0.25, -0.2) is 0 Å². The van der Waals surface area contributed by atoms with Crippen molar-refractivity contribution < 1.29 is 16.5 Å². The maximum Gasteiger partial charge on any atom is 2.00 e. The van der Waals surface area contributed by atoms with E-state index in [1.807, 2.05) is 72.8 Å². The van der Waals surface area contributed by atoms with Crippen molar-refractivity contribution in [3.63, 3.8) is 0 Å². The van der Waals surface area contributed by atoms with Crippen molar-refractivity contribution in [1.29, 1.82) is 0 Å². The first-order valence-electron chi connectivity index (χ1n) is 11.1. The van der Waals surface area contributed by atoms with Crippen molar-refractivity contribution in [2.75, 3.05) is 0 Å². The number of rotatable bonds is 8. The number of nitrogens with zero attached hydrogens (tertiary/aromatic N) is 8.